The summed E-state index contributed by atoms with van der Waals surface area (Å²) in [5.41, 5.74) is -1.03. The van der Waals surface area contributed by atoms with E-state index in [1.165, 1.54) is 22.9 Å². The van der Waals surface area contributed by atoms with Gasteiger partial charge in [-0.2, -0.15) is 0 Å². The maximum atomic E-state index is 11.1. The molecule has 1 heterocycles. The molecule has 0 spiro atoms. The maximum Gasteiger partial charge on any atom is 0.346 e. The Morgan fingerprint density at radius 2 is 2.26 bits per heavy atom. The van der Waals surface area contributed by atoms with Gasteiger partial charge in [-0.15, -0.1) is 0 Å². The summed E-state index contributed by atoms with van der Waals surface area (Å²) in [6.45, 7) is 0. The molecule has 0 saturated heterocycles. The molecule has 0 aliphatic carbocycles. The van der Waals surface area contributed by atoms with Gasteiger partial charge in [-0.3, -0.25) is 10.1 Å². The lowest BCUT2D eigenvalue weighted by Crippen LogP contribution is -2.06. The van der Waals surface area contributed by atoms with Crippen LogP contribution in [0.2, 0.25) is 0 Å². The third-order valence-corrected chi connectivity index (χ3v) is 2.39. The van der Waals surface area contributed by atoms with Gasteiger partial charge in [0.15, 0.2) is 11.3 Å². The third-order valence-electron chi connectivity index (χ3n) is 2.39. The van der Waals surface area contributed by atoms with Crippen LogP contribution in [-0.2, 0) is 7.05 Å². The number of carboxylic acid groups (broad SMARTS) is 1. The van der Waals surface area contributed by atoms with Crippen LogP contribution in [0.1, 0.15) is 10.4 Å². The van der Waals surface area contributed by atoms with Gasteiger partial charge in [0.1, 0.15) is 0 Å². The first-order chi connectivity index (χ1) is 9.00. The van der Waals surface area contributed by atoms with Crippen LogP contribution in [0, 0.1) is 10.1 Å². The molecule has 1 N–H and O–H groups in total. The van der Waals surface area contributed by atoms with E-state index in [4.69, 9.17) is 9.84 Å². The second-order valence-corrected chi connectivity index (χ2v) is 3.64. The first-order valence-corrected chi connectivity index (χ1v) is 5.16. The highest BCUT2D eigenvalue weighted by molar-refractivity contribution is 5.95. The molecule has 8 nitrogen and oxygen atoms in total. The Balaban J connectivity index is 2.51. The molecule has 0 radical (unpaired) electrons. The number of imidazole rings is 1. The molecule has 2 rings (SSSR count). The average molecular weight is 263 g/mol. The Kier molecular flexibility index (Phi) is 3.15. The number of aromatic nitrogens is 2. The highest BCUT2D eigenvalue weighted by Crippen LogP contribution is 2.31. The Bertz CT molecular complexity index is 650. The predicted octanol–water partition coefficient (Wildman–Crippen LogP) is 1.82. The van der Waals surface area contributed by atoms with E-state index in [2.05, 4.69) is 4.98 Å². The summed E-state index contributed by atoms with van der Waals surface area (Å²) in [6, 6.07) is 3.94. The van der Waals surface area contributed by atoms with Gasteiger partial charge >= 0.3 is 12.0 Å². The highest BCUT2D eigenvalue weighted by Gasteiger charge is 2.25. The molecular formula is C11H9N3O5. The van der Waals surface area contributed by atoms with Crippen molar-refractivity contribution in [1.29, 1.82) is 0 Å². The monoisotopic (exact) mass is 263 g/mol. The average Bonchev–Trinajstić information content (AvgIpc) is 2.74. The lowest BCUT2D eigenvalue weighted by atomic mass is 10.1. The lowest BCUT2D eigenvalue weighted by molar-refractivity contribution is -0.385. The molecule has 1 aromatic carbocycles. The Morgan fingerprint density at radius 3 is 2.79 bits per heavy atom. The molecule has 8 heteroatoms. The zero-order chi connectivity index (χ0) is 14.0. The normalized spacial score (nSPS) is 10.2. The van der Waals surface area contributed by atoms with Crippen LogP contribution >= 0.6 is 0 Å². The minimum Gasteiger partial charge on any atom is -0.477 e. The van der Waals surface area contributed by atoms with E-state index in [0.29, 0.717) is 0 Å². The van der Waals surface area contributed by atoms with Gasteiger partial charge in [-0.05, 0) is 6.07 Å². The van der Waals surface area contributed by atoms with Crippen molar-refractivity contribution < 1.29 is 19.6 Å². The second kappa shape index (κ2) is 4.77. The van der Waals surface area contributed by atoms with E-state index in [1.54, 1.807) is 13.2 Å². The summed E-state index contributed by atoms with van der Waals surface area (Å²) in [4.78, 5) is 25.1. The van der Waals surface area contributed by atoms with E-state index in [0.717, 1.165) is 6.07 Å². The molecule has 0 bridgehead atoms. The molecule has 0 aliphatic heterocycles. The number of benzene rings is 1. The predicted molar refractivity (Wildman–Crippen MR) is 63.3 cm³/mol. The van der Waals surface area contributed by atoms with Crippen LogP contribution in [0.3, 0.4) is 0 Å². The Labute approximate surface area is 107 Å². The molecule has 0 amide bonds. The summed E-state index contributed by atoms with van der Waals surface area (Å²) in [6.07, 6.45) is 3.07. The van der Waals surface area contributed by atoms with Crippen molar-refractivity contribution in [1.82, 2.24) is 9.55 Å². The first-order valence-electron chi connectivity index (χ1n) is 5.16. The van der Waals surface area contributed by atoms with Gasteiger partial charge < -0.3 is 14.4 Å². The van der Waals surface area contributed by atoms with Crippen molar-refractivity contribution in [2.45, 2.75) is 0 Å². The summed E-state index contributed by atoms with van der Waals surface area (Å²) in [5, 5.41) is 19.9. The number of hydrogen-bond acceptors (Lipinski definition) is 5. The summed E-state index contributed by atoms with van der Waals surface area (Å²) in [7, 11) is 1.65. The number of nitro benzene ring substituents is 1. The van der Waals surface area contributed by atoms with Gasteiger partial charge in [0.05, 0.1) is 4.92 Å². The highest BCUT2D eigenvalue weighted by atomic mass is 16.6. The number of aryl methyl sites for hydroxylation is 1. The molecule has 1 aromatic heterocycles. The van der Waals surface area contributed by atoms with Crippen molar-refractivity contribution in [2.24, 2.45) is 7.05 Å². The smallest absolute Gasteiger partial charge is 0.346 e. The standard InChI is InChI=1S/C11H9N3O5/c1-13-6-5-12-11(13)19-8-4-2-3-7(14(17)18)9(8)10(15)16/h2-6H,1H3,(H,15,16). The van der Waals surface area contributed by atoms with Crippen LogP contribution in [0.5, 0.6) is 11.8 Å². The van der Waals surface area contributed by atoms with E-state index in [1.807, 2.05) is 0 Å². The minimum absolute atomic E-state index is 0.129. The Hall–Kier alpha value is -2.90. The molecule has 2 aromatic rings. The molecule has 0 atom stereocenters. The quantitative estimate of drug-likeness (QED) is 0.665. The number of rotatable bonds is 4. The van der Waals surface area contributed by atoms with Crippen molar-refractivity contribution in [3.8, 4) is 11.8 Å². The number of carbonyl (C=O) groups is 1. The van der Waals surface area contributed by atoms with Crippen molar-refractivity contribution in [2.75, 3.05) is 0 Å². The molecule has 19 heavy (non-hydrogen) atoms. The van der Waals surface area contributed by atoms with Gasteiger partial charge in [-0.1, -0.05) is 6.07 Å². The van der Waals surface area contributed by atoms with Gasteiger partial charge in [-0.25, -0.2) is 9.78 Å². The third kappa shape index (κ3) is 2.37. The summed E-state index contributed by atoms with van der Waals surface area (Å²) in [5.74, 6) is -1.56. The fraction of sp³-hybridized carbons (Fsp3) is 0.0909. The molecule has 0 saturated carbocycles. The zero-order valence-electron chi connectivity index (χ0n) is 9.81. The lowest BCUT2D eigenvalue weighted by Gasteiger charge is -2.08. The number of ether oxygens (including phenoxy) is 1. The van der Waals surface area contributed by atoms with Gasteiger partial charge in [0.25, 0.3) is 5.69 Å². The number of carboxylic acids is 1. The summed E-state index contributed by atoms with van der Waals surface area (Å²) < 4.78 is 6.82. The number of nitrogens with zero attached hydrogens (tertiary/aromatic N) is 3. The van der Waals surface area contributed by atoms with E-state index in [-0.39, 0.29) is 11.8 Å². The van der Waals surface area contributed by atoms with Crippen LogP contribution in [0.15, 0.2) is 30.6 Å². The molecule has 0 fully saturated rings. The SMILES string of the molecule is Cn1ccnc1Oc1cccc([N+](=O)[O-])c1C(=O)O. The maximum absolute atomic E-state index is 11.1. The number of nitro groups is 1. The van der Waals surface area contributed by atoms with Gasteiger partial charge in [0, 0.05) is 25.5 Å². The van der Waals surface area contributed by atoms with Crippen LogP contribution < -0.4 is 4.74 Å². The van der Waals surface area contributed by atoms with Crippen molar-refractivity contribution in [3.05, 3.63) is 46.3 Å². The molecule has 98 valence electrons. The van der Waals surface area contributed by atoms with Crippen molar-refractivity contribution >= 4 is 11.7 Å². The van der Waals surface area contributed by atoms with Gasteiger partial charge in [0.2, 0.25) is 0 Å². The molecule has 0 aliphatic rings. The van der Waals surface area contributed by atoms with E-state index >= 15 is 0 Å². The first kappa shape index (κ1) is 12.6. The molecular weight excluding hydrogens is 254 g/mol. The minimum atomic E-state index is -1.43. The Morgan fingerprint density at radius 1 is 1.53 bits per heavy atom. The van der Waals surface area contributed by atoms with Crippen LogP contribution in [0.25, 0.3) is 0 Å². The van der Waals surface area contributed by atoms with E-state index in [9.17, 15) is 14.9 Å². The fourth-order valence-electron chi connectivity index (χ4n) is 1.52. The van der Waals surface area contributed by atoms with E-state index < -0.39 is 22.1 Å². The van der Waals surface area contributed by atoms with Crippen LogP contribution in [-0.4, -0.2) is 25.6 Å². The largest absolute Gasteiger partial charge is 0.477 e. The number of hydrogen-bond donors (Lipinski definition) is 1. The fourth-order valence-corrected chi connectivity index (χ4v) is 1.52. The zero-order valence-corrected chi connectivity index (χ0v) is 9.81. The molecule has 0 unspecified atom stereocenters. The van der Waals surface area contributed by atoms with Crippen LogP contribution in [0.4, 0.5) is 5.69 Å². The number of aromatic carboxylic acids is 1. The summed E-state index contributed by atoms with van der Waals surface area (Å²) >= 11 is 0. The second-order valence-electron chi connectivity index (χ2n) is 3.64. The topological polar surface area (TPSA) is 107 Å². The van der Waals surface area contributed by atoms with Crippen molar-refractivity contribution in [3.63, 3.8) is 0 Å².